The fourth-order valence-corrected chi connectivity index (χ4v) is 4.85. The lowest BCUT2D eigenvalue weighted by Crippen LogP contribution is -2.49. The molecule has 1 aromatic rings. The van der Waals surface area contributed by atoms with E-state index in [1.165, 1.54) is 4.31 Å². The van der Waals surface area contributed by atoms with Crippen LogP contribution < -0.4 is 0 Å². The van der Waals surface area contributed by atoms with Gasteiger partial charge in [0.25, 0.3) is 0 Å². The molecule has 0 saturated heterocycles. The highest BCUT2D eigenvalue weighted by Crippen LogP contribution is 2.35. The first-order valence-electron chi connectivity index (χ1n) is 6.63. The fourth-order valence-electron chi connectivity index (χ4n) is 2.82. The van der Waals surface area contributed by atoms with Gasteiger partial charge < -0.3 is 5.11 Å². The van der Waals surface area contributed by atoms with Crippen LogP contribution in [0.15, 0.2) is 6.07 Å². The monoisotopic (exact) mass is 299 g/mol. The normalized spacial score (nSPS) is 26.9. The molecule has 110 valence electrons. The molecule has 2 heterocycles. The standard InChI is InChI=1S/C12H17N3O4S/c1-8-4-10-7-14(2-3-15(10)13-8)20(18,19)11-5-9(6-11)12(16)17/h4,9,11H,2-3,5-7H2,1H3,(H,16,17). The molecule has 8 heteroatoms. The molecule has 3 rings (SSSR count). The van der Waals surface area contributed by atoms with Crippen molar-refractivity contribution in [3.63, 3.8) is 0 Å². The van der Waals surface area contributed by atoms with Gasteiger partial charge >= 0.3 is 5.97 Å². The van der Waals surface area contributed by atoms with Crippen molar-refractivity contribution in [3.8, 4) is 0 Å². The number of aromatic nitrogens is 2. The maximum Gasteiger partial charge on any atom is 0.306 e. The van der Waals surface area contributed by atoms with E-state index in [-0.39, 0.29) is 12.8 Å². The van der Waals surface area contributed by atoms with Gasteiger partial charge in [0.1, 0.15) is 0 Å². The molecule has 0 aromatic carbocycles. The van der Waals surface area contributed by atoms with Crippen molar-refractivity contribution in [3.05, 3.63) is 17.5 Å². The number of sulfonamides is 1. The molecule has 0 radical (unpaired) electrons. The average Bonchev–Trinajstić information content (AvgIpc) is 2.64. The molecule has 2 aliphatic rings. The van der Waals surface area contributed by atoms with Crippen molar-refractivity contribution >= 4 is 16.0 Å². The van der Waals surface area contributed by atoms with Crippen LogP contribution in [0.3, 0.4) is 0 Å². The molecular formula is C12H17N3O4S. The molecule has 1 N–H and O–H groups in total. The number of carboxylic acid groups (broad SMARTS) is 1. The number of rotatable bonds is 3. The number of carbonyl (C=O) groups is 1. The van der Waals surface area contributed by atoms with Crippen molar-refractivity contribution < 1.29 is 18.3 Å². The summed E-state index contributed by atoms with van der Waals surface area (Å²) in [4.78, 5) is 10.8. The predicted octanol–water partition coefficient (Wildman–Crippen LogP) is 0.200. The number of nitrogens with zero attached hydrogens (tertiary/aromatic N) is 3. The first-order valence-corrected chi connectivity index (χ1v) is 8.13. The van der Waals surface area contributed by atoms with E-state index in [0.29, 0.717) is 19.6 Å². The van der Waals surface area contributed by atoms with Crippen LogP contribution in [0.1, 0.15) is 24.2 Å². The number of hydrogen-bond acceptors (Lipinski definition) is 4. The van der Waals surface area contributed by atoms with Gasteiger partial charge in [-0.25, -0.2) is 8.42 Å². The first kappa shape index (κ1) is 13.6. The van der Waals surface area contributed by atoms with E-state index in [1.807, 2.05) is 17.7 Å². The summed E-state index contributed by atoms with van der Waals surface area (Å²) in [7, 11) is -3.40. The zero-order valence-electron chi connectivity index (χ0n) is 11.2. The summed E-state index contributed by atoms with van der Waals surface area (Å²) in [5, 5.41) is 12.6. The first-order chi connectivity index (χ1) is 9.38. The summed E-state index contributed by atoms with van der Waals surface area (Å²) in [6.45, 7) is 3.17. The quantitative estimate of drug-likeness (QED) is 0.860. The third-order valence-electron chi connectivity index (χ3n) is 4.11. The second kappa shape index (κ2) is 4.56. The molecule has 1 aliphatic heterocycles. The zero-order chi connectivity index (χ0) is 14.5. The molecule has 20 heavy (non-hydrogen) atoms. The fraction of sp³-hybridized carbons (Fsp3) is 0.667. The number of fused-ring (bicyclic) bond motifs is 1. The van der Waals surface area contributed by atoms with E-state index >= 15 is 0 Å². The molecule has 1 saturated carbocycles. The zero-order valence-corrected chi connectivity index (χ0v) is 12.0. The minimum atomic E-state index is -3.40. The van der Waals surface area contributed by atoms with E-state index < -0.39 is 27.2 Å². The predicted molar refractivity (Wildman–Crippen MR) is 70.4 cm³/mol. The van der Waals surface area contributed by atoms with E-state index in [1.54, 1.807) is 0 Å². The molecular weight excluding hydrogens is 282 g/mol. The van der Waals surface area contributed by atoms with Gasteiger partial charge in [0.15, 0.2) is 0 Å². The summed E-state index contributed by atoms with van der Waals surface area (Å²) in [5.74, 6) is -1.41. The van der Waals surface area contributed by atoms with Crippen molar-refractivity contribution in [2.45, 2.75) is 38.1 Å². The highest BCUT2D eigenvalue weighted by Gasteiger charge is 2.45. The van der Waals surface area contributed by atoms with Gasteiger partial charge in [-0.15, -0.1) is 0 Å². The van der Waals surface area contributed by atoms with Gasteiger partial charge in [-0.1, -0.05) is 0 Å². The molecule has 0 unspecified atom stereocenters. The minimum Gasteiger partial charge on any atom is -0.481 e. The SMILES string of the molecule is Cc1cc2n(n1)CCN(S(=O)(=O)C1CC(C(=O)O)C1)C2. The summed E-state index contributed by atoms with van der Waals surface area (Å²) in [6.07, 6.45) is 0.457. The number of hydrogen-bond donors (Lipinski definition) is 1. The van der Waals surface area contributed by atoms with Gasteiger partial charge in [-0.05, 0) is 25.8 Å². The number of aryl methyl sites for hydroxylation is 1. The van der Waals surface area contributed by atoms with E-state index in [9.17, 15) is 13.2 Å². The molecule has 0 spiro atoms. The van der Waals surface area contributed by atoms with Crippen LogP contribution in [-0.2, 0) is 27.9 Å². The van der Waals surface area contributed by atoms with Crippen molar-refractivity contribution in [2.75, 3.05) is 6.54 Å². The largest absolute Gasteiger partial charge is 0.481 e. The third-order valence-corrected chi connectivity index (χ3v) is 6.37. The summed E-state index contributed by atoms with van der Waals surface area (Å²) < 4.78 is 28.2. The maximum atomic E-state index is 12.5. The Morgan fingerprint density at radius 3 is 2.75 bits per heavy atom. The minimum absolute atomic E-state index is 0.229. The van der Waals surface area contributed by atoms with Crippen molar-refractivity contribution in [2.24, 2.45) is 5.92 Å². The maximum absolute atomic E-state index is 12.5. The van der Waals surface area contributed by atoms with Gasteiger partial charge in [-0.2, -0.15) is 9.40 Å². The number of carboxylic acids is 1. The molecule has 0 bridgehead atoms. The van der Waals surface area contributed by atoms with Crippen LogP contribution in [0.4, 0.5) is 0 Å². The Morgan fingerprint density at radius 2 is 2.10 bits per heavy atom. The van der Waals surface area contributed by atoms with Gasteiger partial charge in [-0.3, -0.25) is 9.48 Å². The molecule has 1 fully saturated rings. The molecule has 0 amide bonds. The lowest BCUT2D eigenvalue weighted by Gasteiger charge is -2.37. The molecule has 7 nitrogen and oxygen atoms in total. The van der Waals surface area contributed by atoms with Crippen LogP contribution in [0.25, 0.3) is 0 Å². The van der Waals surface area contributed by atoms with E-state index in [0.717, 1.165) is 11.4 Å². The average molecular weight is 299 g/mol. The Bertz CT molecular complexity index is 646. The summed E-state index contributed by atoms with van der Waals surface area (Å²) in [5.41, 5.74) is 1.78. The second-order valence-corrected chi connectivity index (χ2v) is 7.72. The van der Waals surface area contributed by atoms with Crippen LogP contribution in [-0.4, -0.2) is 45.4 Å². The van der Waals surface area contributed by atoms with Gasteiger partial charge in [0.05, 0.1) is 35.6 Å². The second-order valence-electron chi connectivity index (χ2n) is 5.51. The highest BCUT2D eigenvalue weighted by molar-refractivity contribution is 7.89. The lowest BCUT2D eigenvalue weighted by molar-refractivity contribution is -0.144. The van der Waals surface area contributed by atoms with E-state index in [2.05, 4.69) is 5.10 Å². The molecule has 1 aliphatic carbocycles. The van der Waals surface area contributed by atoms with Crippen LogP contribution in [0.2, 0.25) is 0 Å². The smallest absolute Gasteiger partial charge is 0.306 e. The Labute approximate surface area is 117 Å². The Kier molecular flexibility index (Phi) is 3.09. The number of aliphatic carboxylic acids is 1. The van der Waals surface area contributed by atoms with Gasteiger partial charge in [0.2, 0.25) is 10.0 Å². The van der Waals surface area contributed by atoms with Crippen LogP contribution in [0, 0.1) is 12.8 Å². The van der Waals surface area contributed by atoms with Crippen molar-refractivity contribution in [1.82, 2.24) is 14.1 Å². The molecule has 0 atom stereocenters. The third kappa shape index (κ3) is 2.12. The highest BCUT2D eigenvalue weighted by atomic mass is 32.2. The topological polar surface area (TPSA) is 92.5 Å². The van der Waals surface area contributed by atoms with Crippen molar-refractivity contribution in [1.29, 1.82) is 0 Å². The van der Waals surface area contributed by atoms with Crippen LogP contribution >= 0.6 is 0 Å². The summed E-state index contributed by atoms with van der Waals surface area (Å²) >= 11 is 0. The van der Waals surface area contributed by atoms with Gasteiger partial charge in [0, 0.05) is 6.54 Å². The van der Waals surface area contributed by atoms with Crippen LogP contribution in [0.5, 0.6) is 0 Å². The summed E-state index contributed by atoms with van der Waals surface area (Å²) in [6, 6.07) is 1.89. The lowest BCUT2D eigenvalue weighted by atomic mass is 9.85. The Hall–Kier alpha value is -1.41. The Morgan fingerprint density at radius 1 is 1.40 bits per heavy atom. The molecule has 1 aromatic heterocycles. The Balaban J connectivity index is 1.73. The van der Waals surface area contributed by atoms with E-state index in [4.69, 9.17) is 5.11 Å².